The average molecular weight is 293 g/mol. The van der Waals surface area contributed by atoms with Crippen LogP contribution in [0, 0.1) is 6.92 Å². The fraction of sp³-hybridized carbons (Fsp3) is 0.588. The summed E-state index contributed by atoms with van der Waals surface area (Å²) < 4.78 is 5.67. The number of rotatable bonds is 7. The molecule has 1 aromatic carbocycles. The second-order valence-corrected chi connectivity index (χ2v) is 5.86. The number of ether oxygens (including phenoxy) is 1. The van der Waals surface area contributed by atoms with Crippen LogP contribution in [0.15, 0.2) is 18.2 Å². The minimum absolute atomic E-state index is 0.166. The Morgan fingerprint density at radius 3 is 2.48 bits per heavy atom. The van der Waals surface area contributed by atoms with E-state index in [0.717, 1.165) is 0 Å². The van der Waals surface area contributed by atoms with Gasteiger partial charge in [-0.1, -0.05) is 19.9 Å². The van der Waals surface area contributed by atoms with Crippen LogP contribution in [0.2, 0.25) is 0 Å². The molecule has 2 atom stereocenters. The molecule has 0 bridgehead atoms. The Hall–Kier alpha value is -1.55. The van der Waals surface area contributed by atoms with Gasteiger partial charge in [0.2, 0.25) is 0 Å². The van der Waals surface area contributed by atoms with Crippen molar-refractivity contribution >= 4 is 5.91 Å². The van der Waals surface area contributed by atoms with Crippen LogP contribution < -0.4 is 10.1 Å². The highest BCUT2D eigenvalue weighted by molar-refractivity contribution is 5.80. The summed E-state index contributed by atoms with van der Waals surface area (Å²) in [5, 5.41) is 11.9. The van der Waals surface area contributed by atoms with Gasteiger partial charge < -0.3 is 15.2 Å². The molecule has 0 saturated carbocycles. The van der Waals surface area contributed by atoms with Gasteiger partial charge in [-0.3, -0.25) is 4.79 Å². The van der Waals surface area contributed by atoms with Gasteiger partial charge in [-0.15, -0.1) is 0 Å². The number of aryl methyl sites for hydroxylation is 1. The molecule has 0 saturated heterocycles. The van der Waals surface area contributed by atoms with Crippen molar-refractivity contribution in [3.8, 4) is 5.75 Å². The third kappa shape index (κ3) is 5.76. The predicted molar refractivity (Wildman–Crippen MR) is 84.7 cm³/mol. The van der Waals surface area contributed by atoms with Gasteiger partial charge in [0, 0.05) is 6.54 Å². The van der Waals surface area contributed by atoms with Crippen LogP contribution >= 0.6 is 0 Å². The van der Waals surface area contributed by atoms with Gasteiger partial charge >= 0.3 is 0 Å². The average Bonchev–Trinajstić information content (AvgIpc) is 2.37. The van der Waals surface area contributed by atoms with Gasteiger partial charge in [-0.25, -0.2) is 0 Å². The normalized spacial score (nSPS) is 13.9. The van der Waals surface area contributed by atoms with Crippen LogP contribution in [0.5, 0.6) is 5.75 Å². The molecule has 118 valence electrons. The molecule has 0 fully saturated rings. The van der Waals surface area contributed by atoms with E-state index in [2.05, 4.69) is 26.1 Å². The third-order valence-electron chi connectivity index (χ3n) is 3.41. The summed E-state index contributed by atoms with van der Waals surface area (Å²) in [6.07, 6.45) is -0.420. The van der Waals surface area contributed by atoms with Gasteiger partial charge in [-0.05, 0) is 56.4 Å². The summed E-state index contributed by atoms with van der Waals surface area (Å²) in [6, 6.07) is 5.92. The number of aliphatic hydroxyl groups is 1. The Balaban J connectivity index is 2.56. The molecular formula is C17H27NO3. The van der Waals surface area contributed by atoms with E-state index in [1.165, 1.54) is 11.1 Å². The minimum atomic E-state index is -0.553. The molecule has 4 heteroatoms. The molecule has 2 N–H and O–H groups in total. The first-order valence-corrected chi connectivity index (χ1v) is 7.54. The lowest BCUT2D eigenvalue weighted by molar-refractivity contribution is -0.127. The Kier molecular flexibility index (Phi) is 6.69. The maximum absolute atomic E-state index is 11.9. The van der Waals surface area contributed by atoms with Gasteiger partial charge in [0.1, 0.15) is 5.75 Å². The highest BCUT2D eigenvalue weighted by atomic mass is 16.5. The molecule has 1 aromatic rings. The van der Waals surface area contributed by atoms with E-state index in [1.807, 2.05) is 18.2 Å². The molecule has 0 aliphatic carbocycles. The first-order chi connectivity index (χ1) is 9.81. The number of hydrogen-bond acceptors (Lipinski definition) is 3. The summed E-state index contributed by atoms with van der Waals surface area (Å²) >= 11 is 0. The number of aliphatic hydroxyl groups excluding tert-OH is 1. The van der Waals surface area contributed by atoms with Crippen LogP contribution in [-0.4, -0.2) is 29.8 Å². The maximum atomic E-state index is 11.9. The standard InChI is InChI=1S/C17H27NO3/c1-11(2)16-7-6-15(10-12(16)3)21-14(5)17(20)18-9-8-13(4)19/h6-7,10-11,13-14,19H,8-9H2,1-5H3,(H,18,20). The van der Waals surface area contributed by atoms with Gasteiger partial charge in [0.15, 0.2) is 6.10 Å². The molecule has 0 aliphatic rings. The molecule has 0 radical (unpaired) electrons. The zero-order valence-corrected chi connectivity index (χ0v) is 13.6. The Morgan fingerprint density at radius 1 is 1.29 bits per heavy atom. The molecule has 0 aromatic heterocycles. The zero-order valence-electron chi connectivity index (χ0n) is 13.6. The summed E-state index contributed by atoms with van der Waals surface area (Å²) in [7, 11) is 0. The quantitative estimate of drug-likeness (QED) is 0.812. The van der Waals surface area contributed by atoms with Gasteiger partial charge in [0.25, 0.3) is 5.91 Å². The van der Waals surface area contributed by atoms with Crippen LogP contribution in [0.25, 0.3) is 0 Å². The Bertz CT molecular complexity index is 469. The zero-order chi connectivity index (χ0) is 16.0. The van der Waals surface area contributed by atoms with Gasteiger partial charge in [-0.2, -0.15) is 0 Å². The molecule has 0 heterocycles. The van der Waals surface area contributed by atoms with Crippen molar-refractivity contribution < 1.29 is 14.6 Å². The molecule has 1 rings (SSSR count). The lowest BCUT2D eigenvalue weighted by atomic mass is 9.98. The van der Waals surface area contributed by atoms with Crippen molar-refractivity contribution in [3.63, 3.8) is 0 Å². The molecule has 1 amide bonds. The van der Waals surface area contributed by atoms with Crippen LogP contribution in [-0.2, 0) is 4.79 Å². The van der Waals surface area contributed by atoms with Crippen LogP contribution in [0.4, 0.5) is 0 Å². The van der Waals surface area contributed by atoms with E-state index in [0.29, 0.717) is 24.6 Å². The van der Waals surface area contributed by atoms with Crippen molar-refractivity contribution in [2.24, 2.45) is 0 Å². The molecule has 2 unspecified atom stereocenters. The van der Waals surface area contributed by atoms with Crippen molar-refractivity contribution in [2.45, 2.75) is 59.2 Å². The number of nitrogens with one attached hydrogen (secondary N) is 1. The lowest BCUT2D eigenvalue weighted by Gasteiger charge is -2.17. The van der Waals surface area contributed by atoms with Crippen molar-refractivity contribution in [2.75, 3.05) is 6.54 Å². The first-order valence-electron chi connectivity index (χ1n) is 7.54. The van der Waals surface area contributed by atoms with E-state index in [-0.39, 0.29) is 5.91 Å². The van der Waals surface area contributed by atoms with Crippen molar-refractivity contribution in [3.05, 3.63) is 29.3 Å². The van der Waals surface area contributed by atoms with Crippen LogP contribution in [0.1, 0.15) is 51.2 Å². The van der Waals surface area contributed by atoms with E-state index < -0.39 is 12.2 Å². The summed E-state index contributed by atoms with van der Waals surface area (Å²) in [6.45, 7) is 10.2. The molecular weight excluding hydrogens is 266 g/mol. The largest absolute Gasteiger partial charge is 0.481 e. The maximum Gasteiger partial charge on any atom is 0.260 e. The topological polar surface area (TPSA) is 58.6 Å². The minimum Gasteiger partial charge on any atom is -0.481 e. The highest BCUT2D eigenvalue weighted by Gasteiger charge is 2.15. The van der Waals surface area contributed by atoms with E-state index in [4.69, 9.17) is 9.84 Å². The monoisotopic (exact) mass is 293 g/mol. The fourth-order valence-corrected chi connectivity index (χ4v) is 2.17. The van der Waals surface area contributed by atoms with Crippen LogP contribution in [0.3, 0.4) is 0 Å². The third-order valence-corrected chi connectivity index (χ3v) is 3.41. The highest BCUT2D eigenvalue weighted by Crippen LogP contribution is 2.24. The number of benzene rings is 1. The number of carbonyl (C=O) groups is 1. The smallest absolute Gasteiger partial charge is 0.260 e. The fourth-order valence-electron chi connectivity index (χ4n) is 2.17. The first kappa shape index (κ1) is 17.5. The SMILES string of the molecule is Cc1cc(OC(C)C(=O)NCCC(C)O)ccc1C(C)C. The van der Waals surface area contributed by atoms with Crippen molar-refractivity contribution in [1.82, 2.24) is 5.32 Å². The Labute approximate surface area is 127 Å². The second-order valence-electron chi connectivity index (χ2n) is 5.86. The Morgan fingerprint density at radius 2 is 1.95 bits per heavy atom. The van der Waals surface area contributed by atoms with E-state index in [9.17, 15) is 4.79 Å². The molecule has 0 spiro atoms. The number of carbonyl (C=O) groups excluding carboxylic acids is 1. The summed E-state index contributed by atoms with van der Waals surface area (Å²) in [5.41, 5.74) is 2.46. The van der Waals surface area contributed by atoms with E-state index >= 15 is 0 Å². The predicted octanol–water partition coefficient (Wildman–Crippen LogP) is 2.77. The molecule has 4 nitrogen and oxygen atoms in total. The summed E-state index contributed by atoms with van der Waals surface area (Å²) in [5.74, 6) is 1.01. The molecule has 0 aliphatic heterocycles. The lowest BCUT2D eigenvalue weighted by Crippen LogP contribution is -2.37. The van der Waals surface area contributed by atoms with E-state index in [1.54, 1.807) is 13.8 Å². The second kappa shape index (κ2) is 8.03. The number of hydrogen-bond donors (Lipinski definition) is 2. The van der Waals surface area contributed by atoms with Crippen molar-refractivity contribution in [1.29, 1.82) is 0 Å². The summed E-state index contributed by atoms with van der Waals surface area (Å²) in [4.78, 5) is 11.9. The van der Waals surface area contributed by atoms with Gasteiger partial charge in [0.05, 0.1) is 6.10 Å². The molecule has 21 heavy (non-hydrogen) atoms. The number of amides is 1.